The molecular formula is C12H14N4O4. The van der Waals surface area contributed by atoms with Crippen molar-refractivity contribution in [2.45, 2.75) is 5.54 Å². The number of ether oxygens (including phenoxy) is 2. The van der Waals surface area contributed by atoms with Gasteiger partial charge in [0.15, 0.2) is 5.54 Å². The molecule has 1 atom stereocenters. The van der Waals surface area contributed by atoms with Crippen LogP contribution in [0.15, 0.2) is 23.3 Å². The summed E-state index contributed by atoms with van der Waals surface area (Å²) in [5.41, 5.74) is 7.69. The highest BCUT2D eigenvalue weighted by Gasteiger charge is 2.48. The van der Waals surface area contributed by atoms with Gasteiger partial charge >= 0.3 is 5.97 Å². The molecule has 0 fully saturated rings. The molecule has 0 saturated carbocycles. The molecule has 0 radical (unpaired) electrons. The lowest BCUT2D eigenvalue weighted by atomic mass is 9.92. The van der Waals surface area contributed by atoms with Crippen LogP contribution in [-0.4, -0.2) is 37.9 Å². The Bertz CT molecular complexity index is 571. The van der Waals surface area contributed by atoms with Crippen LogP contribution in [0.3, 0.4) is 0 Å². The number of carbonyl (C=O) groups is 1. The highest BCUT2D eigenvalue weighted by Crippen LogP contribution is 2.39. The topological polar surface area (TPSA) is 117 Å². The van der Waals surface area contributed by atoms with Crippen molar-refractivity contribution in [1.29, 1.82) is 0 Å². The fourth-order valence-corrected chi connectivity index (χ4v) is 2.17. The van der Waals surface area contributed by atoms with Gasteiger partial charge in [-0.1, -0.05) is 5.11 Å². The molecule has 8 nitrogen and oxygen atoms in total. The van der Waals surface area contributed by atoms with E-state index < -0.39 is 11.5 Å². The zero-order valence-electron chi connectivity index (χ0n) is 10.9. The van der Waals surface area contributed by atoms with Gasteiger partial charge in [0.2, 0.25) is 0 Å². The van der Waals surface area contributed by atoms with Crippen LogP contribution >= 0.6 is 0 Å². The summed E-state index contributed by atoms with van der Waals surface area (Å²) in [7, 11) is 1.29. The Hall–Kier alpha value is -2.44. The Balaban J connectivity index is 2.31. The molecule has 20 heavy (non-hydrogen) atoms. The van der Waals surface area contributed by atoms with Gasteiger partial charge in [0.25, 0.3) is 0 Å². The third kappa shape index (κ3) is 2.34. The number of hydrogen-bond acceptors (Lipinski definition) is 6. The van der Waals surface area contributed by atoms with Gasteiger partial charge in [-0.25, -0.2) is 4.79 Å². The Morgan fingerprint density at radius 1 is 1.70 bits per heavy atom. The van der Waals surface area contributed by atoms with Gasteiger partial charge in [0.1, 0.15) is 18.1 Å². The van der Waals surface area contributed by atoms with E-state index in [1.165, 1.54) is 19.2 Å². The molecule has 1 aliphatic rings. The molecule has 1 aliphatic heterocycles. The average Bonchev–Trinajstić information content (AvgIpc) is 2.82. The third-order valence-corrected chi connectivity index (χ3v) is 3.10. The Morgan fingerprint density at radius 2 is 2.50 bits per heavy atom. The van der Waals surface area contributed by atoms with Crippen molar-refractivity contribution in [2.24, 2.45) is 5.11 Å². The second-order valence-corrected chi connectivity index (χ2v) is 4.25. The van der Waals surface area contributed by atoms with Gasteiger partial charge in [-0.2, -0.15) is 0 Å². The van der Waals surface area contributed by atoms with Crippen molar-refractivity contribution < 1.29 is 19.4 Å². The van der Waals surface area contributed by atoms with Crippen LogP contribution in [-0.2, 0) is 15.1 Å². The van der Waals surface area contributed by atoms with Crippen molar-refractivity contribution in [3.05, 3.63) is 34.2 Å². The van der Waals surface area contributed by atoms with Crippen molar-refractivity contribution in [1.82, 2.24) is 5.32 Å². The monoisotopic (exact) mass is 278 g/mol. The molecule has 0 saturated heterocycles. The standard InChI is InChI=1S/C12H14N4O4/c1-19-11(18)12(14-4-5-15-16-13)7-20-10-6-8(17)2-3-9(10)12/h2-3,6,14,17H,4-5,7H2,1H3. The number of benzene rings is 1. The van der Waals surface area contributed by atoms with Gasteiger partial charge in [-0.3, -0.25) is 5.32 Å². The van der Waals surface area contributed by atoms with E-state index in [0.717, 1.165) is 0 Å². The normalized spacial score (nSPS) is 19.6. The first-order valence-electron chi connectivity index (χ1n) is 5.94. The minimum Gasteiger partial charge on any atom is -0.508 e. The Morgan fingerprint density at radius 3 is 3.20 bits per heavy atom. The number of azide groups is 1. The average molecular weight is 278 g/mol. The zero-order valence-corrected chi connectivity index (χ0v) is 10.9. The number of aromatic hydroxyl groups is 1. The zero-order chi connectivity index (χ0) is 14.6. The number of rotatable bonds is 5. The van der Waals surface area contributed by atoms with Crippen molar-refractivity contribution in [3.63, 3.8) is 0 Å². The van der Waals surface area contributed by atoms with Crippen LogP contribution in [0.5, 0.6) is 11.5 Å². The fourth-order valence-electron chi connectivity index (χ4n) is 2.17. The van der Waals surface area contributed by atoms with Gasteiger partial charge in [-0.15, -0.1) is 0 Å². The first-order chi connectivity index (χ1) is 9.64. The predicted octanol–water partition coefficient (Wildman–Crippen LogP) is 1.05. The molecule has 0 bridgehead atoms. The van der Waals surface area contributed by atoms with E-state index in [1.807, 2.05) is 0 Å². The van der Waals surface area contributed by atoms with E-state index in [4.69, 9.17) is 15.0 Å². The third-order valence-electron chi connectivity index (χ3n) is 3.10. The summed E-state index contributed by atoms with van der Waals surface area (Å²) in [5, 5.41) is 15.9. The smallest absolute Gasteiger partial charge is 0.334 e. The number of phenols is 1. The van der Waals surface area contributed by atoms with Gasteiger partial charge in [0.05, 0.1) is 7.11 Å². The van der Waals surface area contributed by atoms with Crippen molar-refractivity contribution >= 4 is 5.97 Å². The molecule has 1 aromatic rings. The molecule has 0 aliphatic carbocycles. The number of hydrogen-bond donors (Lipinski definition) is 2. The van der Waals surface area contributed by atoms with Crippen LogP contribution < -0.4 is 10.1 Å². The number of carbonyl (C=O) groups excluding carboxylic acids is 1. The molecule has 2 rings (SSSR count). The van der Waals surface area contributed by atoms with E-state index in [9.17, 15) is 9.90 Å². The number of phenolic OH excluding ortho intramolecular Hbond substituents is 1. The lowest BCUT2D eigenvalue weighted by molar-refractivity contribution is -0.149. The quantitative estimate of drug-likeness (QED) is 0.274. The molecule has 1 unspecified atom stereocenters. The summed E-state index contributed by atoms with van der Waals surface area (Å²) < 4.78 is 10.3. The predicted molar refractivity (Wildman–Crippen MR) is 69.3 cm³/mol. The molecule has 2 N–H and O–H groups in total. The molecule has 106 valence electrons. The van der Waals surface area contributed by atoms with E-state index in [0.29, 0.717) is 17.9 Å². The van der Waals surface area contributed by atoms with Crippen LogP contribution in [0.2, 0.25) is 0 Å². The highest BCUT2D eigenvalue weighted by molar-refractivity contribution is 5.85. The largest absolute Gasteiger partial charge is 0.508 e. The second kappa shape index (κ2) is 5.68. The Labute approximate surface area is 114 Å². The maximum absolute atomic E-state index is 12.1. The number of methoxy groups -OCH3 is 1. The summed E-state index contributed by atoms with van der Waals surface area (Å²) in [4.78, 5) is 14.8. The summed E-state index contributed by atoms with van der Waals surface area (Å²) >= 11 is 0. The first-order valence-corrected chi connectivity index (χ1v) is 5.94. The van der Waals surface area contributed by atoms with Gasteiger partial charge in [-0.05, 0) is 17.7 Å². The van der Waals surface area contributed by atoms with Crippen LogP contribution in [0.1, 0.15) is 5.56 Å². The minimum absolute atomic E-state index is 0.0503. The first kappa shape index (κ1) is 14.0. The number of nitrogens with zero attached hydrogens (tertiary/aromatic N) is 3. The summed E-state index contributed by atoms with van der Waals surface area (Å²) in [6.45, 7) is 0.542. The maximum atomic E-state index is 12.1. The number of fused-ring (bicyclic) bond motifs is 1. The van der Waals surface area contributed by atoms with E-state index in [2.05, 4.69) is 15.3 Å². The van der Waals surface area contributed by atoms with E-state index in [-0.39, 0.29) is 18.9 Å². The van der Waals surface area contributed by atoms with Gasteiger partial charge in [0, 0.05) is 29.6 Å². The molecule has 8 heteroatoms. The fraction of sp³-hybridized carbons (Fsp3) is 0.417. The van der Waals surface area contributed by atoms with Crippen LogP contribution in [0.25, 0.3) is 10.4 Å². The lowest BCUT2D eigenvalue weighted by Gasteiger charge is -2.26. The van der Waals surface area contributed by atoms with Crippen molar-refractivity contribution in [2.75, 3.05) is 26.8 Å². The second-order valence-electron chi connectivity index (χ2n) is 4.25. The summed E-state index contributed by atoms with van der Waals surface area (Å²) in [6.07, 6.45) is 0. The van der Waals surface area contributed by atoms with Crippen LogP contribution in [0.4, 0.5) is 0 Å². The Kier molecular flexibility index (Phi) is 3.97. The van der Waals surface area contributed by atoms with Gasteiger partial charge < -0.3 is 14.6 Å². The summed E-state index contributed by atoms with van der Waals surface area (Å²) in [6, 6.07) is 4.52. The molecular weight excluding hydrogens is 264 g/mol. The van der Waals surface area contributed by atoms with Crippen LogP contribution in [0, 0.1) is 0 Å². The number of nitrogens with one attached hydrogen (secondary N) is 1. The molecule has 1 heterocycles. The molecule has 1 aromatic carbocycles. The molecule has 0 amide bonds. The summed E-state index contributed by atoms with van der Waals surface area (Å²) in [5.74, 6) is -0.0203. The molecule has 0 spiro atoms. The maximum Gasteiger partial charge on any atom is 0.334 e. The highest BCUT2D eigenvalue weighted by atomic mass is 16.5. The van der Waals surface area contributed by atoms with E-state index >= 15 is 0 Å². The lowest BCUT2D eigenvalue weighted by Crippen LogP contribution is -2.52. The SMILES string of the molecule is COC(=O)C1(NCCN=[N+]=[N-])COc2cc(O)ccc21. The van der Waals surface area contributed by atoms with Crippen molar-refractivity contribution in [3.8, 4) is 11.5 Å². The number of esters is 1. The van der Waals surface area contributed by atoms with E-state index in [1.54, 1.807) is 6.07 Å². The molecule has 0 aromatic heterocycles. The minimum atomic E-state index is -1.15.